The molecule has 0 unspecified atom stereocenters. The molecular formula is C14H19FN2O2. The molecule has 1 rings (SSSR count). The van der Waals surface area contributed by atoms with Gasteiger partial charge in [0, 0.05) is 19.4 Å². The van der Waals surface area contributed by atoms with E-state index in [2.05, 4.69) is 5.32 Å². The molecule has 0 aromatic heterocycles. The topological polar surface area (TPSA) is 49.4 Å². The van der Waals surface area contributed by atoms with Gasteiger partial charge in [0.1, 0.15) is 5.82 Å². The molecule has 1 N–H and O–H groups in total. The number of nitrogens with zero attached hydrogens (tertiary/aromatic N) is 1. The quantitative estimate of drug-likeness (QED) is 0.894. The highest BCUT2D eigenvalue weighted by molar-refractivity contribution is 6.01. The lowest BCUT2D eigenvalue weighted by Gasteiger charge is -2.23. The molecule has 0 aliphatic carbocycles. The Balaban J connectivity index is 3.15. The summed E-state index contributed by atoms with van der Waals surface area (Å²) in [4.78, 5) is 24.7. The highest BCUT2D eigenvalue weighted by Gasteiger charge is 2.23. The minimum absolute atomic E-state index is 0.196. The molecule has 1 aromatic rings. The van der Waals surface area contributed by atoms with Crippen molar-refractivity contribution in [1.82, 2.24) is 0 Å². The maximum absolute atomic E-state index is 13.3. The highest BCUT2D eigenvalue weighted by atomic mass is 19.1. The predicted octanol–water partition coefficient (Wildman–Crippen LogP) is 2.79. The molecule has 0 saturated carbocycles. The molecule has 4 nitrogen and oxygen atoms in total. The monoisotopic (exact) mass is 266 g/mol. The summed E-state index contributed by atoms with van der Waals surface area (Å²) in [6.45, 7) is 6.68. The summed E-state index contributed by atoms with van der Waals surface area (Å²) in [6.07, 6.45) is 0. The number of benzene rings is 1. The van der Waals surface area contributed by atoms with Crippen molar-refractivity contribution in [3.63, 3.8) is 0 Å². The summed E-state index contributed by atoms with van der Waals surface area (Å²) in [5, 5.41) is 2.65. The number of anilines is 2. The third kappa shape index (κ3) is 3.77. The van der Waals surface area contributed by atoms with E-state index >= 15 is 0 Å². The van der Waals surface area contributed by atoms with E-state index in [1.54, 1.807) is 27.8 Å². The van der Waals surface area contributed by atoms with Crippen molar-refractivity contribution in [2.45, 2.75) is 27.7 Å². The lowest BCUT2D eigenvalue weighted by Crippen LogP contribution is -2.30. The largest absolute Gasteiger partial charge is 0.324 e. The van der Waals surface area contributed by atoms with Crippen LogP contribution in [0.4, 0.5) is 15.8 Å². The second kappa shape index (κ2) is 5.38. The van der Waals surface area contributed by atoms with E-state index in [1.165, 1.54) is 30.0 Å². The molecule has 0 saturated heterocycles. The van der Waals surface area contributed by atoms with Crippen molar-refractivity contribution in [3.8, 4) is 0 Å². The van der Waals surface area contributed by atoms with E-state index in [4.69, 9.17) is 0 Å². The Hall–Kier alpha value is -1.91. The van der Waals surface area contributed by atoms with Gasteiger partial charge in [-0.3, -0.25) is 9.59 Å². The molecule has 0 fully saturated rings. The number of hydrogen-bond donors (Lipinski definition) is 1. The first-order valence-electron chi connectivity index (χ1n) is 5.98. The van der Waals surface area contributed by atoms with Gasteiger partial charge in [0.2, 0.25) is 11.8 Å². The molecular weight excluding hydrogens is 247 g/mol. The van der Waals surface area contributed by atoms with Crippen LogP contribution in [0.1, 0.15) is 27.7 Å². The van der Waals surface area contributed by atoms with Crippen molar-refractivity contribution in [1.29, 1.82) is 0 Å². The summed E-state index contributed by atoms with van der Waals surface area (Å²) < 4.78 is 13.3. The fraction of sp³-hybridized carbons (Fsp3) is 0.429. The number of rotatable bonds is 2. The summed E-state index contributed by atoms with van der Waals surface area (Å²) in [5.41, 5.74) is 0.155. The Morgan fingerprint density at radius 2 is 1.84 bits per heavy atom. The van der Waals surface area contributed by atoms with Crippen molar-refractivity contribution in [3.05, 3.63) is 24.0 Å². The average Bonchev–Trinajstić information content (AvgIpc) is 2.27. The minimum Gasteiger partial charge on any atom is -0.324 e. The fourth-order valence-corrected chi connectivity index (χ4v) is 1.38. The lowest BCUT2D eigenvalue weighted by molar-refractivity contribution is -0.123. The number of carbonyl (C=O) groups is 2. The number of carbonyl (C=O) groups excluding carboxylic acids is 2. The zero-order chi connectivity index (χ0) is 14.8. The Kier molecular flexibility index (Phi) is 4.29. The highest BCUT2D eigenvalue weighted by Crippen LogP contribution is 2.28. The standard InChI is InChI=1S/C14H19FN2O2/c1-9(18)17(5)12-7-6-10(15)8-11(12)16-13(19)14(2,3)4/h6-8H,1-5H3,(H,16,19). The number of halogens is 1. The van der Waals surface area contributed by atoms with Gasteiger partial charge in [0.05, 0.1) is 11.4 Å². The molecule has 0 spiro atoms. The Morgan fingerprint density at radius 1 is 1.26 bits per heavy atom. The molecule has 0 heterocycles. The zero-order valence-corrected chi connectivity index (χ0v) is 11.9. The van der Waals surface area contributed by atoms with Crippen LogP contribution in [-0.4, -0.2) is 18.9 Å². The van der Waals surface area contributed by atoms with E-state index in [0.717, 1.165) is 0 Å². The van der Waals surface area contributed by atoms with Crippen LogP contribution in [0.2, 0.25) is 0 Å². The van der Waals surface area contributed by atoms with Crippen LogP contribution in [0.5, 0.6) is 0 Å². The molecule has 0 aliphatic rings. The van der Waals surface area contributed by atoms with Gasteiger partial charge >= 0.3 is 0 Å². The first kappa shape index (κ1) is 15.1. The van der Waals surface area contributed by atoms with E-state index in [1.807, 2.05) is 0 Å². The predicted molar refractivity (Wildman–Crippen MR) is 73.6 cm³/mol. The second-order valence-corrected chi connectivity index (χ2v) is 5.44. The summed E-state index contributed by atoms with van der Waals surface area (Å²) in [6, 6.07) is 3.93. The first-order valence-corrected chi connectivity index (χ1v) is 5.98. The molecule has 104 valence electrons. The van der Waals surface area contributed by atoms with Gasteiger partial charge < -0.3 is 10.2 Å². The van der Waals surface area contributed by atoms with Crippen LogP contribution >= 0.6 is 0 Å². The Bertz CT molecular complexity index is 507. The molecule has 5 heteroatoms. The Labute approximate surface area is 112 Å². The fourth-order valence-electron chi connectivity index (χ4n) is 1.38. The van der Waals surface area contributed by atoms with E-state index in [0.29, 0.717) is 5.69 Å². The van der Waals surface area contributed by atoms with Gasteiger partial charge in [-0.2, -0.15) is 0 Å². The van der Waals surface area contributed by atoms with Crippen LogP contribution in [0, 0.1) is 11.2 Å². The van der Waals surface area contributed by atoms with Crippen molar-refractivity contribution >= 4 is 23.2 Å². The van der Waals surface area contributed by atoms with Gasteiger partial charge in [-0.25, -0.2) is 4.39 Å². The van der Waals surface area contributed by atoms with Crippen LogP contribution in [0.3, 0.4) is 0 Å². The summed E-state index contributed by atoms with van der Waals surface area (Å²) >= 11 is 0. The first-order chi connectivity index (χ1) is 8.62. The maximum Gasteiger partial charge on any atom is 0.229 e. The number of nitrogens with one attached hydrogen (secondary N) is 1. The molecule has 0 atom stereocenters. The Morgan fingerprint density at radius 3 is 2.32 bits per heavy atom. The smallest absolute Gasteiger partial charge is 0.229 e. The van der Waals surface area contributed by atoms with Crippen LogP contribution in [0.15, 0.2) is 18.2 Å². The molecule has 1 aromatic carbocycles. The molecule has 19 heavy (non-hydrogen) atoms. The summed E-state index contributed by atoms with van der Waals surface area (Å²) in [7, 11) is 1.57. The van der Waals surface area contributed by atoms with Gasteiger partial charge in [0.25, 0.3) is 0 Å². The minimum atomic E-state index is -0.599. The van der Waals surface area contributed by atoms with Gasteiger partial charge in [-0.05, 0) is 18.2 Å². The van der Waals surface area contributed by atoms with Crippen LogP contribution in [0.25, 0.3) is 0 Å². The van der Waals surface area contributed by atoms with Gasteiger partial charge in [0.15, 0.2) is 0 Å². The number of amides is 2. The van der Waals surface area contributed by atoms with Crippen LogP contribution < -0.4 is 10.2 Å². The number of hydrogen-bond acceptors (Lipinski definition) is 2. The second-order valence-electron chi connectivity index (χ2n) is 5.44. The molecule has 0 radical (unpaired) electrons. The van der Waals surface area contributed by atoms with Gasteiger partial charge in [-0.1, -0.05) is 20.8 Å². The van der Waals surface area contributed by atoms with Gasteiger partial charge in [-0.15, -0.1) is 0 Å². The normalized spacial score (nSPS) is 11.1. The third-order valence-electron chi connectivity index (χ3n) is 2.72. The molecule has 0 aliphatic heterocycles. The van der Waals surface area contributed by atoms with E-state index in [9.17, 15) is 14.0 Å². The lowest BCUT2D eigenvalue weighted by atomic mass is 9.95. The van der Waals surface area contributed by atoms with E-state index in [-0.39, 0.29) is 17.5 Å². The van der Waals surface area contributed by atoms with Crippen LogP contribution in [-0.2, 0) is 9.59 Å². The van der Waals surface area contributed by atoms with Crippen molar-refractivity contribution in [2.24, 2.45) is 5.41 Å². The average molecular weight is 266 g/mol. The van der Waals surface area contributed by atoms with E-state index < -0.39 is 11.2 Å². The van der Waals surface area contributed by atoms with Crippen molar-refractivity contribution < 1.29 is 14.0 Å². The molecule has 0 bridgehead atoms. The summed E-state index contributed by atoms with van der Waals surface area (Å²) in [5.74, 6) is -0.904. The molecule has 2 amide bonds. The third-order valence-corrected chi connectivity index (χ3v) is 2.72. The van der Waals surface area contributed by atoms with Crippen molar-refractivity contribution in [2.75, 3.05) is 17.3 Å². The maximum atomic E-state index is 13.3. The SMILES string of the molecule is CC(=O)N(C)c1ccc(F)cc1NC(=O)C(C)(C)C. The zero-order valence-electron chi connectivity index (χ0n) is 11.9.